The zero-order valence-electron chi connectivity index (χ0n) is 20.9. The van der Waals surface area contributed by atoms with Crippen molar-refractivity contribution < 1.29 is 14.3 Å². The molecule has 0 spiro atoms. The first-order valence-electron chi connectivity index (χ1n) is 12.2. The molecule has 1 aliphatic carbocycles. The third-order valence-electron chi connectivity index (χ3n) is 6.41. The summed E-state index contributed by atoms with van der Waals surface area (Å²) < 4.78 is 5.26. The highest BCUT2D eigenvalue weighted by Crippen LogP contribution is 2.21. The van der Waals surface area contributed by atoms with Crippen LogP contribution < -0.4 is 10.1 Å². The molecule has 1 aliphatic rings. The Labute approximate surface area is 208 Å². The van der Waals surface area contributed by atoms with E-state index in [0.717, 1.165) is 42.7 Å². The van der Waals surface area contributed by atoms with Crippen LogP contribution in [0.3, 0.4) is 0 Å². The lowest BCUT2D eigenvalue weighted by atomic mass is 9.95. The number of nitrogens with one attached hydrogen (secondary N) is 1. The molecule has 0 aliphatic heterocycles. The number of aryl methyl sites for hydroxylation is 2. The topological polar surface area (TPSA) is 58.6 Å². The van der Waals surface area contributed by atoms with Crippen molar-refractivity contribution >= 4 is 23.6 Å². The van der Waals surface area contributed by atoms with Crippen LogP contribution in [-0.2, 0) is 21.9 Å². The van der Waals surface area contributed by atoms with Crippen molar-refractivity contribution in [2.45, 2.75) is 77.3 Å². The van der Waals surface area contributed by atoms with Crippen molar-refractivity contribution in [1.82, 2.24) is 10.2 Å². The summed E-state index contributed by atoms with van der Waals surface area (Å²) in [6.45, 7) is 6.42. The van der Waals surface area contributed by atoms with Crippen LogP contribution in [-0.4, -0.2) is 41.7 Å². The molecule has 184 valence electrons. The molecule has 0 bridgehead atoms. The Bertz CT molecular complexity index is 934. The van der Waals surface area contributed by atoms with E-state index >= 15 is 0 Å². The fourth-order valence-corrected chi connectivity index (χ4v) is 5.42. The van der Waals surface area contributed by atoms with Gasteiger partial charge in [0.2, 0.25) is 11.8 Å². The molecule has 1 fully saturated rings. The van der Waals surface area contributed by atoms with Gasteiger partial charge in [-0.3, -0.25) is 9.59 Å². The van der Waals surface area contributed by atoms with Crippen molar-refractivity contribution in [2.24, 2.45) is 0 Å². The average molecular weight is 483 g/mol. The maximum atomic E-state index is 13.3. The quantitative estimate of drug-likeness (QED) is 0.492. The van der Waals surface area contributed by atoms with Gasteiger partial charge in [-0.25, -0.2) is 0 Å². The standard InChI is InChI=1S/C28H38N2O3S/c1-20-14-21(2)16-24(15-20)18-34-19-27(31)30(17-23-10-12-26(33-4)13-11-23)22(3)28(32)29-25-8-6-5-7-9-25/h10-16,22,25H,5-9,17-19H2,1-4H3,(H,29,32)/t22-/m0/s1. The van der Waals surface area contributed by atoms with Crippen LogP contribution in [0.1, 0.15) is 61.3 Å². The highest BCUT2D eigenvalue weighted by Gasteiger charge is 2.28. The fraction of sp³-hybridized carbons (Fsp3) is 0.500. The molecule has 2 amide bonds. The normalized spacial score (nSPS) is 14.9. The second kappa shape index (κ2) is 12.8. The van der Waals surface area contributed by atoms with Gasteiger partial charge in [-0.1, -0.05) is 60.7 Å². The summed E-state index contributed by atoms with van der Waals surface area (Å²) in [4.78, 5) is 28.1. The molecule has 2 aromatic rings. The molecule has 0 heterocycles. The molecular weight excluding hydrogens is 444 g/mol. The van der Waals surface area contributed by atoms with E-state index in [1.165, 1.54) is 23.1 Å². The molecule has 1 N–H and O–H groups in total. The molecule has 2 aromatic carbocycles. The van der Waals surface area contributed by atoms with Crippen LogP contribution in [0.15, 0.2) is 42.5 Å². The Hall–Kier alpha value is -2.47. The fourth-order valence-electron chi connectivity index (χ4n) is 4.57. The number of benzene rings is 2. The predicted octanol–water partition coefficient (Wildman–Crippen LogP) is 5.41. The molecule has 1 saturated carbocycles. The maximum Gasteiger partial charge on any atom is 0.242 e. The highest BCUT2D eigenvalue weighted by atomic mass is 32.2. The lowest BCUT2D eigenvalue weighted by Gasteiger charge is -2.31. The number of hydrogen-bond donors (Lipinski definition) is 1. The molecule has 0 radical (unpaired) electrons. The zero-order valence-corrected chi connectivity index (χ0v) is 21.7. The van der Waals surface area contributed by atoms with Crippen molar-refractivity contribution in [2.75, 3.05) is 12.9 Å². The summed E-state index contributed by atoms with van der Waals surface area (Å²) >= 11 is 1.60. The third-order valence-corrected chi connectivity index (χ3v) is 7.40. The number of nitrogens with zero attached hydrogens (tertiary/aromatic N) is 1. The Morgan fingerprint density at radius 2 is 1.68 bits per heavy atom. The van der Waals surface area contributed by atoms with Crippen molar-refractivity contribution in [1.29, 1.82) is 0 Å². The molecule has 5 nitrogen and oxygen atoms in total. The van der Waals surface area contributed by atoms with Gasteiger partial charge in [0.1, 0.15) is 11.8 Å². The Morgan fingerprint density at radius 3 is 2.29 bits per heavy atom. The number of carbonyl (C=O) groups is 2. The minimum atomic E-state index is -0.529. The molecular formula is C28H38N2O3S. The minimum Gasteiger partial charge on any atom is -0.497 e. The molecule has 3 rings (SSSR count). The molecule has 34 heavy (non-hydrogen) atoms. The van der Waals surface area contributed by atoms with E-state index in [-0.39, 0.29) is 17.9 Å². The van der Waals surface area contributed by atoms with Crippen LogP contribution in [0.2, 0.25) is 0 Å². The monoisotopic (exact) mass is 482 g/mol. The number of ether oxygens (including phenoxy) is 1. The number of methoxy groups -OCH3 is 1. The summed E-state index contributed by atoms with van der Waals surface area (Å²) in [6, 6.07) is 13.9. The second-order valence-electron chi connectivity index (χ2n) is 9.38. The number of rotatable bonds is 10. The number of carbonyl (C=O) groups excluding carboxylic acids is 2. The van der Waals surface area contributed by atoms with Gasteiger partial charge < -0.3 is 15.0 Å². The van der Waals surface area contributed by atoms with E-state index in [1.54, 1.807) is 23.8 Å². The average Bonchev–Trinajstić information content (AvgIpc) is 2.82. The van der Waals surface area contributed by atoms with E-state index in [4.69, 9.17) is 4.74 Å². The molecule has 0 unspecified atom stereocenters. The Balaban J connectivity index is 1.66. The van der Waals surface area contributed by atoms with Gasteiger partial charge in [0.25, 0.3) is 0 Å². The first-order valence-corrected chi connectivity index (χ1v) is 13.4. The smallest absolute Gasteiger partial charge is 0.242 e. The van der Waals surface area contributed by atoms with Crippen molar-refractivity contribution in [3.05, 3.63) is 64.7 Å². The lowest BCUT2D eigenvalue weighted by Crippen LogP contribution is -2.50. The number of thioether (sulfide) groups is 1. The van der Waals surface area contributed by atoms with Crippen LogP contribution >= 0.6 is 11.8 Å². The van der Waals surface area contributed by atoms with Gasteiger partial charge in [0.15, 0.2) is 0 Å². The van der Waals surface area contributed by atoms with Crippen molar-refractivity contribution in [3.63, 3.8) is 0 Å². The van der Waals surface area contributed by atoms with Crippen molar-refractivity contribution in [3.8, 4) is 5.75 Å². The Morgan fingerprint density at radius 1 is 1.03 bits per heavy atom. The lowest BCUT2D eigenvalue weighted by molar-refractivity contribution is -0.139. The van der Waals surface area contributed by atoms with E-state index in [9.17, 15) is 9.59 Å². The predicted molar refractivity (Wildman–Crippen MR) is 140 cm³/mol. The summed E-state index contributed by atoms with van der Waals surface area (Å²) in [6.07, 6.45) is 5.60. The number of amides is 2. The summed E-state index contributed by atoms with van der Waals surface area (Å²) in [5.74, 6) is 1.80. The highest BCUT2D eigenvalue weighted by molar-refractivity contribution is 7.99. The van der Waals surface area contributed by atoms with E-state index in [1.807, 2.05) is 31.2 Å². The van der Waals surface area contributed by atoms with Gasteiger partial charge in [-0.2, -0.15) is 0 Å². The SMILES string of the molecule is COc1ccc(CN(C(=O)CSCc2cc(C)cc(C)c2)[C@@H](C)C(=O)NC2CCCCC2)cc1. The van der Waals surface area contributed by atoms with Gasteiger partial charge >= 0.3 is 0 Å². The van der Waals surface area contributed by atoms with E-state index < -0.39 is 6.04 Å². The van der Waals surface area contributed by atoms with Gasteiger partial charge in [0, 0.05) is 18.3 Å². The van der Waals surface area contributed by atoms with Gasteiger partial charge in [-0.15, -0.1) is 11.8 Å². The Kier molecular flexibility index (Phi) is 9.87. The van der Waals surface area contributed by atoms with E-state index in [0.29, 0.717) is 12.3 Å². The van der Waals surface area contributed by atoms with Crippen LogP contribution in [0.5, 0.6) is 5.75 Å². The van der Waals surface area contributed by atoms with Gasteiger partial charge in [-0.05, 0) is 56.9 Å². The molecule has 0 aromatic heterocycles. The molecule has 0 saturated heterocycles. The van der Waals surface area contributed by atoms with E-state index in [2.05, 4.69) is 37.4 Å². The summed E-state index contributed by atoms with van der Waals surface area (Å²) in [5, 5.41) is 3.19. The first-order chi connectivity index (χ1) is 16.4. The zero-order chi connectivity index (χ0) is 24.5. The summed E-state index contributed by atoms with van der Waals surface area (Å²) in [5.41, 5.74) is 4.66. The summed E-state index contributed by atoms with van der Waals surface area (Å²) in [7, 11) is 1.63. The van der Waals surface area contributed by atoms with Crippen LogP contribution in [0.25, 0.3) is 0 Å². The van der Waals surface area contributed by atoms with Gasteiger partial charge in [0.05, 0.1) is 12.9 Å². The first kappa shape index (κ1) is 26.1. The molecule has 6 heteroatoms. The third kappa shape index (κ3) is 7.79. The number of hydrogen-bond acceptors (Lipinski definition) is 4. The maximum absolute atomic E-state index is 13.3. The second-order valence-corrected chi connectivity index (χ2v) is 10.4. The largest absolute Gasteiger partial charge is 0.497 e. The van der Waals surface area contributed by atoms with Crippen LogP contribution in [0, 0.1) is 13.8 Å². The van der Waals surface area contributed by atoms with Crippen LogP contribution in [0.4, 0.5) is 0 Å². The minimum absolute atomic E-state index is 0.0171. The molecule has 1 atom stereocenters.